The minimum absolute atomic E-state index is 0.00696. The van der Waals surface area contributed by atoms with E-state index in [1.165, 1.54) is 6.07 Å². The number of benzene rings is 3. The van der Waals surface area contributed by atoms with Crippen molar-refractivity contribution in [1.82, 2.24) is 5.32 Å². The summed E-state index contributed by atoms with van der Waals surface area (Å²) in [6, 6.07) is 22.4. The van der Waals surface area contributed by atoms with Crippen molar-refractivity contribution in [1.29, 1.82) is 0 Å². The fourth-order valence-electron chi connectivity index (χ4n) is 4.83. The summed E-state index contributed by atoms with van der Waals surface area (Å²) in [7, 11) is 0. The molecular weight excluding hydrogens is 464 g/mol. The third-order valence-corrected chi connectivity index (χ3v) is 7.04. The van der Waals surface area contributed by atoms with Crippen molar-refractivity contribution in [3.05, 3.63) is 113 Å². The van der Waals surface area contributed by atoms with E-state index in [9.17, 15) is 20.1 Å². The van der Waals surface area contributed by atoms with Crippen LogP contribution in [0.25, 0.3) is 0 Å². The normalized spacial score (nSPS) is 18.0. The third kappa shape index (κ3) is 6.53. The monoisotopic (exact) mass is 498 g/mol. The molecule has 192 valence electrons. The number of aliphatic hydroxyl groups is 2. The third-order valence-electron chi connectivity index (χ3n) is 7.04. The molecule has 1 aliphatic heterocycles. The van der Waals surface area contributed by atoms with Crippen molar-refractivity contribution in [2.45, 2.75) is 56.9 Å². The van der Waals surface area contributed by atoms with Gasteiger partial charge in [0.05, 0.1) is 24.2 Å². The van der Waals surface area contributed by atoms with Gasteiger partial charge in [-0.1, -0.05) is 73.7 Å². The summed E-state index contributed by atoms with van der Waals surface area (Å²) >= 11 is 0. The Balaban J connectivity index is 1.50. The van der Waals surface area contributed by atoms with Crippen LogP contribution in [-0.4, -0.2) is 33.0 Å². The van der Waals surface area contributed by atoms with E-state index in [-0.39, 0.29) is 24.7 Å². The smallest absolute Gasteiger partial charge is 0.224 e. The Morgan fingerprint density at radius 3 is 2.38 bits per heavy atom. The zero-order valence-electron chi connectivity index (χ0n) is 21.1. The van der Waals surface area contributed by atoms with Crippen molar-refractivity contribution >= 4 is 12.1 Å². The fourth-order valence-corrected chi connectivity index (χ4v) is 4.83. The molecule has 0 saturated carbocycles. The van der Waals surface area contributed by atoms with Crippen LogP contribution in [0.2, 0.25) is 0 Å². The maximum Gasteiger partial charge on any atom is 0.224 e. The Morgan fingerprint density at radius 1 is 1.00 bits per heavy atom. The number of aliphatic imine (C=N–C) groups is 1. The number of rotatable bonds is 11. The van der Waals surface area contributed by atoms with Crippen LogP contribution >= 0.6 is 0 Å². The summed E-state index contributed by atoms with van der Waals surface area (Å²) in [5.41, 5.74) is 2.00. The van der Waals surface area contributed by atoms with Crippen LogP contribution in [0.1, 0.15) is 47.6 Å². The molecule has 0 aromatic heterocycles. The van der Waals surface area contributed by atoms with Crippen LogP contribution in [0.3, 0.4) is 0 Å². The topological polar surface area (TPSA) is 102 Å². The van der Waals surface area contributed by atoms with E-state index >= 15 is 0 Å². The molecule has 1 amide bonds. The van der Waals surface area contributed by atoms with Crippen LogP contribution in [0, 0.1) is 0 Å². The Morgan fingerprint density at radius 2 is 1.73 bits per heavy atom. The molecule has 37 heavy (non-hydrogen) atoms. The van der Waals surface area contributed by atoms with E-state index in [0.717, 1.165) is 23.1 Å². The summed E-state index contributed by atoms with van der Waals surface area (Å²) in [5, 5.41) is 34.8. The Kier molecular flexibility index (Phi) is 8.21. The van der Waals surface area contributed by atoms with Gasteiger partial charge >= 0.3 is 0 Å². The number of allylic oxidation sites excluding steroid dienone is 1. The van der Waals surface area contributed by atoms with Gasteiger partial charge in [0.25, 0.3) is 0 Å². The van der Waals surface area contributed by atoms with Crippen molar-refractivity contribution in [2.24, 2.45) is 4.99 Å². The number of carbonyl (C=O) groups excluding carboxylic acids is 1. The van der Waals surface area contributed by atoms with Gasteiger partial charge < -0.3 is 20.6 Å². The lowest BCUT2D eigenvalue weighted by molar-refractivity contribution is -0.120. The highest BCUT2D eigenvalue weighted by Gasteiger charge is 2.40. The van der Waals surface area contributed by atoms with Gasteiger partial charge in [-0.05, 0) is 46.9 Å². The average Bonchev–Trinajstić information content (AvgIpc) is 3.38. The lowest BCUT2D eigenvalue weighted by atomic mass is 9.75. The van der Waals surface area contributed by atoms with E-state index in [4.69, 9.17) is 0 Å². The zero-order chi connectivity index (χ0) is 26.3. The molecule has 0 fully saturated rings. The quantitative estimate of drug-likeness (QED) is 0.316. The first-order valence-corrected chi connectivity index (χ1v) is 12.6. The van der Waals surface area contributed by atoms with E-state index in [0.29, 0.717) is 30.5 Å². The molecule has 2 unspecified atom stereocenters. The second-order valence-electron chi connectivity index (χ2n) is 9.74. The highest BCUT2D eigenvalue weighted by molar-refractivity contribution is 5.78. The van der Waals surface area contributed by atoms with E-state index < -0.39 is 11.1 Å². The number of hydrogen-bond donors (Lipinski definition) is 4. The Hall–Kier alpha value is -3.74. The van der Waals surface area contributed by atoms with Gasteiger partial charge in [0, 0.05) is 31.2 Å². The van der Waals surface area contributed by atoms with Gasteiger partial charge in [-0.2, -0.15) is 0 Å². The predicted octanol–water partition coefficient (Wildman–Crippen LogP) is 4.35. The highest BCUT2D eigenvalue weighted by Crippen LogP contribution is 2.40. The minimum Gasteiger partial charge on any atom is -0.508 e. The van der Waals surface area contributed by atoms with Crippen LogP contribution in [0.5, 0.6) is 5.75 Å². The van der Waals surface area contributed by atoms with E-state index in [1.54, 1.807) is 18.3 Å². The van der Waals surface area contributed by atoms with Crippen LogP contribution in [0.4, 0.5) is 0 Å². The largest absolute Gasteiger partial charge is 0.508 e. The lowest BCUT2D eigenvalue weighted by Gasteiger charge is -2.36. The first kappa shape index (κ1) is 26.3. The molecule has 6 nitrogen and oxygen atoms in total. The van der Waals surface area contributed by atoms with Crippen molar-refractivity contribution in [3.63, 3.8) is 0 Å². The van der Waals surface area contributed by atoms with Crippen molar-refractivity contribution in [2.75, 3.05) is 0 Å². The molecule has 2 atom stereocenters. The number of nitrogens with one attached hydrogen (secondary N) is 1. The highest BCUT2D eigenvalue weighted by atomic mass is 16.3. The molecule has 0 radical (unpaired) electrons. The molecular formula is C31H34N2O4. The van der Waals surface area contributed by atoms with Gasteiger partial charge in [-0.15, -0.1) is 0 Å². The molecule has 1 heterocycles. The fraction of sp³-hybridized carbons (Fsp3) is 0.290. The molecule has 3 aromatic carbocycles. The average molecular weight is 499 g/mol. The zero-order valence-corrected chi connectivity index (χ0v) is 21.1. The molecule has 4 N–H and O–H groups in total. The van der Waals surface area contributed by atoms with Gasteiger partial charge in [0.2, 0.25) is 5.91 Å². The summed E-state index contributed by atoms with van der Waals surface area (Å²) in [6.07, 6.45) is 7.34. The number of nitrogens with zero attached hydrogens (tertiary/aromatic N) is 1. The number of hydrogen-bond acceptors (Lipinski definition) is 5. The van der Waals surface area contributed by atoms with E-state index in [2.05, 4.69) is 10.3 Å². The molecule has 6 heteroatoms. The van der Waals surface area contributed by atoms with Gasteiger partial charge in [-0.3, -0.25) is 9.79 Å². The molecule has 0 spiro atoms. The molecule has 0 saturated heterocycles. The summed E-state index contributed by atoms with van der Waals surface area (Å²) in [6.45, 7) is 2.21. The second kappa shape index (κ2) is 11.5. The van der Waals surface area contributed by atoms with Crippen LogP contribution in [-0.2, 0) is 36.4 Å². The summed E-state index contributed by atoms with van der Waals surface area (Å²) < 4.78 is 0. The second-order valence-corrected chi connectivity index (χ2v) is 9.74. The Labute approximate surface area is 218 Å². The molecule has 0 bridgehead atoms. The molecule has 1 aliphatic rings. The lowest BCUT2D eigenvalue weighted by Crippen LogP contribution is -2.38. The van der Waals surface area contributed by atoms with Crippen LogP contribution < -0.4 is 5.32 Å². The van der Waals surface area contributed by atoms with Gasteiger partial charge in [0.15, 0.2) is 0 Å². The maximum atomic E-state index is 12.4. The number of phenols is 1. The first-order valence-electron chi connectivity index (χ1n) is 12.6. The number of aromatic hydroxyl groups is 1. The standard InChI is InChI=1S/C31H34N2O4/c1-2-30(15-6-16-33-30)22-31(37,27-13-14-28(35)26(18-27)21-34)19-24-11-9-23(10-12-24)17-29(36)32-20-25-7-4-3-5-8-25/h3-16,18,34-35,37H,2,17,19-22H2,1H3,(H,32,36). The van der Waals surface area contributed by atoms with E-state index in [1.807, 2.05) is 73.7 Å². The first-order chi connectivity index (χ1) is 17.8. The van der Waals surface area contributed by atoms with Crippen LogP contribution in [0.15, 0.2) is 89.9 Å². The SMILES string of the molecule is CCC1(CC(O)(Cc2ccc(CC(=O)NCc3ccccc3)cc2)c2ccc(O)c(CO)c2)C=CC=N1. The number of aliphatic hydroxyl groups excluding tert-OH is 1. The summed E-state index contributed by atoms with van der Waals surface area (Å²) in [5.74, 6) is -0.0583. The minimum atomic E-state index is -1.30. The molecule has 3 aromatic rings. The molecule has 0 aliphatic carbocycles. The summed E-state index contributed by atoms with van der Waals surface area (Å²) in [4.78, 5) is 17.1. The number of amides is 1. The van der Waals surface area contributed by atoms with Crippen molar-refractivity contribution in [3.8, 4) is 5.75 Å². The maximum absolute atomic E-state index is 12.4. The Bertz CT molecular complexity index is 1260. The van der Waals surface area contributed by atoms with Gasteiger partial charge in [0.1, 0.15) is 5.75 Å². The number of carbonyl (C=O) groups is 1. The van der Waals surface area contributed by atoms with Crippen molar-refractivity contribution < 1.29 is 20.1 Å². The predicted molar refractivity (Wildman–Crippen MR) is 145 cm³/mol. The molecule has 4 rings (SSSR count). The van der Waals surface area contributed by atoms with Gasteiger partial charge in [-0.25, -0.2) is 0 Å².